The van der Waals surface area contributed by atoms with E-state index in [4.69, 9.17) is 0 Å². The second-order valence-electron chi connectivity index (χ2n) is 4.15. The fraction of sp³-hybridized carbons (Fsp3) is 0.143. The van der Waals surface area contributed by atoms with Gasteiger partial charge in [-0.25, -0.2) is 0 Å². The first-order valence-corrected chi connectivity index (χ1v) is 6.71. The Bertz CT molecular complexity index is 644. The molecule has 90 valence electrons. The molecular weight excluding hydrogens is 242 g/mol. The third kappa shape index (κ3) is 2.07. The van der Waals surface area contributed by atoms with Gasteiger partial charge < -0.3 is 5.32 Å². The lowest BCUT2D eigenvalue weighted by Crippen LogP contribution is -2.05. The third-order valence-corrected chi connectivity index (χ3v) is 3.84. The summed E-state index contributed by atoms with van der Waals surface area (Å²) in [6.45, 7) is 2.13. The summed E-state index contributed by atoms with van der Waals surface area (Å²) in [6, 6.07) is 10.5. The molecule has 1 N–H and O–H groups in total. The minimum atomic E-state index is 0.241. The number of anilines is 1. The zero-order chi connectivity index (χ0) is 12.4. The maximum absolute atomic E-state index is 4.44. The van der Waals surface area contributed by atoms with Gasteiger partial charge in [0.2, 0.25) is 0 Å². The van der Waals surface area contributed by atoms with Crippen molar-refractivity contribution >= 4 is 27.9 Å². The van der Waals surface area contributed by atoms with Crippen molar-refractivity contribution in [1.82, 2.24) is 9.97 Å². The van der Waals surface area contributed by atoms with Crippen molar-refractivity contribution in [2.45, 2.75) is 13.0 Å². The van der Waals surface area contributed by atoms with Crippen LogP contribution in [0, 0.1) is 0 Å². The second-order valence-corrected chi connectivity index (χ2v) is 5.07. The molecule has 0 aliphatic rings. The fourth-order valence-corrected chi connectivity index (χ4v) is 2.59. The lowest BCUT2D eigenvalue weighted by Gasteiger charge is -2.14. The number of fused-ring (bicyclic) bond motifs is 1. The van der Waals surface area contributed by atoms with Gasteiger partial charge in [-0.1, -0.05) is 18.2 Å². The van der Waals surface area contributed by atoms with Crippen LogP contribution in [-0.4, -0.2) is 9.97 Å². The van der Waals surface area contributed by atoms with Crippen LogP contribution in [0.25, 0.3) is 10.9 Å². The summed E-state index contributed by atoms with van der Waals surface area (Å²) in [5, 5.41) is 4.65. The van der Waals surface area contributed by atoms with Crippen molar-refractivity contribution in [3.8, 4) is 0 Å². The Morgan fingerprint density at radius 1 is 1.22 bits per heavy atom. The topological polar surface area (TPSA) is 37.8 Å². The normalized spacial score (nSPS) is 12.5. The molecule has 2 heterocycles. The van der Waals surface area contributed by atoms with Crippen LogP contribution in [0.15, 0.2) is 48.2 Å². The molecular formula is C14H13N3S. The minimum Gasteiger partial charge on any atom is -0.376 e. The molecule has 3 rings (SSSR count). The van der Waals surface area contributed by atoms with E-state index in [0.717, 1.165) is 16.6 Å². The Hall–Kier alpha value is -1.94. The highest BCUT2D eigenvalue weighted by Gasteiger charge is 2.09. The number of para-hydroxylation sites is 1. The van der Waals surface area contributed by atoms with E-state index in [1.54, 1.807) is 11.3 Å². The minimum absolute atomic E-state index is 0.241. The molecule has 1 unspecified atom stereocenters. The van der Waals surface area contributed by atoms with Crippen LogP contribution < -0.4 is 5.32 Å². The van der Waals surface area contributed by atoms with Crippen molar-refractivity contribution in [3.63, 3.8) is 0 Å². The highest BCUT2D eigenvalue weighted by atomic mass is 32.1. The van der Waals surface area contributed by atoms with Crippen LogP contribution in [0.5, 0.6) is 0 Å². The first kappa shape index (κ1) is 11.2. The zero-order valence-corrected chi connectivity index (χ0v) is 10.8. The predicted octanol–water partition coefficient (Wildman–Crippen LogP) is 3.86. The Kier molecular flexibility index (Phi) is 2.94. The van der Waals surface area contributed by atoms with Gasteiger partial charge in [0.05, 0.1) is 22.8 Å². The first-order valence-electron chi connectivity index (χ1n) is 5.83. The number of nitrogens with one attached hydrogen (secondary N) is 1. The van der Waals surface area contributed by atoms with E-state index in [-0.39, 0.29) is 6.04 Å². The van der Waals surface area contributed by atoms with E-state index in [2.05, 4.69) is 40.4 Å². The van der Waals surface area contributed by atoms with Crippen molar-refractivity contribution < 1.29 is 0 Å². The summed E-state index contributed by atoms with van der Waals surface area (Å²) in [7, 11) is 0. The molecule has 0 radical (unpaired) electrons. The van der Waals surface area contributed by atoms with E-state index in [1.807, 2.05) is 30.0 Å². The molecule has 0 aliphatic carbocycles. The summed E-state index contributed by atoms with van der Waals surface area (Å²) in [6.07, 6.45) is 3.73. The second kappa shape index (κ2) is 4.74. The number of rotatable bonds is 3. The van der Waals surface area contributed by atoms with Crippen LogP contribution >= 0.6 is 11.3 Å². The lowest BCUT2D eigenvalue weighted by molar-refractivity contribution is 0.905. The smallest absolute Gasteiger partial charge is 0.0933 e. The van der Waals surface area contributed by atoms with Crippen LogP contribution in [0.1, 0.15) is 17.8 Å². The highest BCUT2D eigenvalue weighted by molar-refractivity contribution is 7.09. The molecule has 4 heteroatoms. The first-order chi connectivity index (χ1) is 8.84. The van der Waals surface area contributed by atoms with Gasteiger partial charge in [-0.15, -0.1) is 11.3 Å². The molecule has 0 saturated carbocycles. The molecule has 3 aromatic rings. The van der Waals surface area contributed by atoms with Gasteiger partial charge in [0.15, 0.2) is 0 Å². The molecule has 0 saturated heterocycles. The van der Waals surface area contributed by atoms with Gasteiger partial charge in [-0.2, -0.15) is 0 Å². The number of thiazole rings is 1. The van der Waals surface area contributed by atoms with E-state index in [1.165, 1.54) is 4.88 Å². The zero-order valence-electron chi connectivity index (χ0n) is 10.00. The number of nitrogens with zero attached hydrogens (tertiary/aromatic N) is 2. The number of hydrogen-bond acceptors (Lipinski definition) is 4. The number of benzene rings is 1. The maximum atomic E-state index is 4.44. The molecule has 3 nitrogen and oxygen atoms in total. The molecule has 0 aliphatic heterocycles. The van der Waals surface area contributed by atoms with Crippen LogP contribution in [-0.2, 0) is 0 Å². The van der Waals surface area contributed by atoms with Crippen molar-refractivity contribution in [1.29, 1.82) is 0 Å². The van der Waals surface area contributed by atoms with E-state index in [0.29, 0.717) is 0 Å². The van der Waals surface area contributed by atoms with Gasteiger partial charge in [0.1, 0.15) is 0 Å². The maximum Gasteiger partial charge on any atom is 0.0933 e. The standard InChI is InChI=1S/C14H13N3S/c1-10(13-8-15-9-18-13)17-12-6-2-4-11-5-3-7-16-14(11)12/h2-10,17H,1H3. The molecule has 0 fully saturated rings. The average Bonchev–Trinajstić information content (AvgIpc) is 2.93. The van der Waals surface area contributed by atoms with Gasteiger partial charge in [0, 0.05) is 22.7 Å². The Labute approximate surface area is 110 Å². The summed E-state index contributed by atoms with van der Waals surface area (Å²) in [4.78, 5) is 9.78. The SMILES string of the molecule is CC(Nc1cccc2cccnc12)c1cncs1. The number of aromatic nitrogens is 2. The quantitative estimate of drug-likeness (QED) is 0.772. The molecule has 1 aromatic carbocycles. The van der Waals surface area contributed by atoms with Gasteiger partial charge in [-0.05, 0) is 19.1 Å². The van der Waals surface area contributed by atoms with Crippen molar-refractivity contribution in [3.05, 3.63) is 53.1 Å². The highest BCUT2D eigenvalue weighted by Crippen LogP contribution is 2.26. The molecule has 0 amide bonds. The third-order valence-electron chi connectivity index (χ3n) is 2.88. The summed E-state index contributed by atoms with van der Waals surface area (Å²) in [5.41, 5.74) is 3.93. The van der Waals surface area contributed by atoms with Crippen LogP contribution in [0.2, 0.25) is 0 Å². The summed E-state index contributed by atoms with van der Waals surface area (Å²) in [5.74, 6) is 0. The fourth-order valence-electron chi connectivity index (χ4n) is 1.96. The summed E-state index contributed by atoms with van der Waals surface area (Å²) < 4.78 is 0. The number of pyridine rings is 1. The van der Waals surface area contributed by atoms with Gasteiger partial charge in [0.25, 0.3) is 0 Å². The molecule has 18 heavy (non-hydrogen) atoms. The molecule has 0 bridgehead atoms. The Morgan fingerprint density at radius 2 is 2.11 bits per heavy atom. The van der Waals surface area contributed by atoms with Crippen LogP contribution in [0.4, 0.5) is 5.69 Å². The van der Waals surface area contributed by atoms with E-state index >= 15 is 0 Å². The monoisotopic (exact) mass is 255 g/mol. The van der Waals surface area contributed by atoms with Gasteiger partial charge in [-0.3, -0.25) is 9.97 Å². The Balaban J connectivity index is 1.95. The largest absolute Gasteiger partial charge is 0.376 e. The van der Waals surface area contributed by atoms with E-state index < -0.39 is 0 Å². The van der Waals surface area contributed by atoms with E-state index in [9.17, 15) is 0 Å². The molecule has 0 spiro atoms. The molecule has 1 atom stereocenters. The molecule has 2 aromatic heterocycles. The van der Waals surface area contributed by atoms with Crippen molar-refractivity contribution in [2.24, 2.45) is 0 Å². The lowest BCUT2D eigenvalue weighted by atomic mass is 10.1. The number of hydrogen-bond donors (Lipinski definition) is 1. The van der Waals surface area contributed by atoms with Gasteiger partial charge >= 0.3 is 0 Å². The predicted molar refractivity (Wildman–Crippen MR) is 75.9 cm³/mol. The van der Waals surface area contributed by atoms with Crippen LogP contribution in [0.3, 0.4) is 0 Å². The van der Waals surface area contributed by atoms with Crippen molar-refractivity contribution in [2.75, 3.05) is 5.32 Å². The summed E-state index contributed by atoms with van der Waals surface area (Å²) >= 11 is 1.66. The Morgan fingerprint density at radius 3 is 2.94 bits per heavy atom. The average molecular weight is 255 g/mol.